The maximum Gasteiger partial charge on any atom is 0.341 e. The number of thiophene rings is 1. The Labute approximate surface area is 170 Å². The number of anilines is 1. The Kier molecular flexibility index (Phi) is 6.50. The summed E-state index contributed by atoms with van der Waals surface area (Å²) in [5, 5.41) is 4.78. The number of benzene rings is 1. The number of esters is 1. The van der Waals surface area contributed by atoms with E-state index in [0.717, 1.165) is 28.3 Å². The molecule has 1 aliphatic rings. The van der Waals surface area contributed by atoms with Crippen LogP contribution in [0.4, 0.5) is 5.00 Å². The molecule has 0 saturated carbocycles. The van der Waals surface area contributed by atoms with Crippen molar-refractivity contribution in [1.29, 1.82) is 0 Å². The first-order valence-electron chi connectivity index (χ1n) is 9.47. The van der Waals surface area contributed by atoms with Crippen LogP contribution in [0.25, 0.3) is 10.4 Å². The van der Waals surface area contributed by atoms with Gasteiger partial charge in [-0.2, -0.15) is 0 Å². The zero-order valence-electron chi connectivity index (χ0n) is 16.0. The Morgan fingerprint density at radius 3 is 2.56 bits per heavy atom. The molecule has 3 rings (SSSR count). The summed E-state index contributed by atoms with van der Waals surface area (Å²) < 4.78 is 5.26. The van der Waals surface area contributed by atoms with Gasteiger partial charge < -0.3 is 15.0 Å². The summed E-state index contributed by atoms with van der Waals surface area (Å²) in [6.45, 7) is 6.58. The van der Waals surface area contributed by atoms with E-state index in [0.29, 0.717) is 29.4 Å². The third kappa shape index (κ3) is 4.50. The Bertz CT molecular complexity index is 794. The molecule has 0 aliphatic carbocycles. The molecule has 0 unspecified atom stereocenters. The van der Waals surface area contributed by atoms with Crippen LogP contribution < -0.4 is 5.32 Å². The lowest BCUT2D eigenvalue weighted by Crippen LogP contribution is -2.49. The minimum atomic E-state index is -0.319. The second-order valence-electron chi connectivity index (χ2n) is 6.91. The quantitative estimate of drug-likeness (QED) is 0.536. The summed E-state index contributed by atoms with van der Waals surface area (Å²) in [5.74, 6) is -0.319. The van der Waals surface area contributed by atoms with Crippen molar-refractivity contribution in [1.82, 2.24) is 4.90 Å². The molecule has 1 aromatic heterocycles. The fourth-order valence-electron chi connectivity index (χ4n) is 3.57. The monoisotopic (exact) mass is 402 g/mol. The lowest BCUT2D eigenvalue weighted by molar-refractivity contribution is 0.0528. The summed E-state index contributed by atoms with van der Waals surface area (Å²) in [5.41, 5.74) is 1.62. The predicted molar refractivity (Wildman–Crippen MR) is 117 cm³/mol. The van der Waals surface area contributed by atoms with Gasteiger partial charge >= 0.3 is 5.97 Å². The number of thiocarbonyl (C=S) groups is 1. The zero-order chi connectivity index (χ0) is 19.4. The number of hydrogen-bond donors (Lipinski definition) is 1. The first kappa shape index (κ1) is 19.8. The summed E-state index contributed by atoms with van der Waals surface area (Å²) in [7, 11) is 0. The van der Waals surface area contributed by atoms with Crippen molar-refractivity contribution in [3.05, 3.63) is 42.0 Å². The summed E-state index contributed by atoms with van der Waals surface area (Å²) in [6, 6.07) is 12.7. The van der Waals surface area contributed by atoms with E-state index < -0.39 is 0 Å². The lowest BCUT2D eigenvalue weighted by Gasteiger charge is -2.40. The van der Waals surface area contributed by atoms with Crippen molar-refractivity contribution in [3.8, 4) is 10.4 Å². The number of piperidine rings is 1. The van der Waals surface area contributed by atoms with E-state index in [1.54, 1.807) is 0 Å². The molecule has 2 aromatic rings. The van der Waals surface area contributed by atoms with Crippen LogP contribution in [0.15, 0.2) is 36.4 Å². The predicted octanol–water partition coefficient (Wildman–Crippen LogP) is 5.55. The molecule has 1 saturated heterocycles. The molecule has 1 N–H and O–H groups in total. The third-order valence-corrected chi connectivity index (χ3v) is 6.35. The molecule has 1 aromatic carbocycles. The molecule has 27 heavy (non-hydrogen) atoms. The van der Waals surface area contributed by atoms with Gasteiger partial charge in [-0.15, -0.1) is 11.3 Å². The van der Waals surface area contributed by atoms with Crippen molar-refractivity contribution in [2.75, 3.05) is 11.9 Å². The van der Waals surface area contributed by atoms with Crippen LogP contribution in [-0.2, 0) is 4.74 Å². The fourth-order valence-corrected chi connectivity index (χ4v) is 5.15. The van der Waals surface area contributed by atoms with Crippen molar-refractivity contribution >= 4 is 39.6 Å². The maximum absolute atomic E-state index is 12.5. The minimum absolute atomic E-state index is 0.319. The molecule has 4 nitrogen and oxygen atoms in total. The van der Waals surface area contributed by atoms with Crippen molar-refractivity contribution in [3.63, 3.8) is 0 Å². The average molecular weight is 403 g/mol. The zero-order valence-corrected chi connectivity index (χ0v) is 17.7. The van der Waals surface area contributed by atoms with Crippen LogP contribution >= 0.6 is 23.6 Å². The van der Waals surface area contributed by atoms with Crippen LogP contribution in [0.5, 0.6) is 0 Å². The second-order valence-corrected chi connectivity index (χ2v) is 8.35. The number of rotatable bonds is 4. The standard InChI is InChI=1S/C21H26N2O2S2/c1-4-25-20(24)17-13-18(16-11-6-5-7-12-16)27-19(17)22-21(26)23-14(2)9-8-10-15(23)3/h5-7,11-15H,4,8-10H2,1-3H3,(H,22,26)/t14-,15-/m1/s1. The van der Waals surface area contributed by atoms with Gasteiger partial charge in [0.2, 0.25) is 0 Å². The van der Waals surface area contributed by atoms with Crippen molar-refractivity contribution in [2.24, 2.45) is 0 Å². The normalized spacial score (nSPS) is 19.6. The molecule has 2 heterocycles. The SMILES string of the molecule is CCOC(=O)c1cc(-c2ccccc2)sc1NC(=S)N1[C@H](C)CCC[C@H]1C. The van der Waals surface area contributed by atoms with Crippen LogP contribution in [0, 0.1) is 0 Å². The Balaban J connectivity index is 1.89. The maximum atomic E-state index is 12.5. The van der Waals surface area contributed by atoms with Gasteiger partial charge in [-0.05, 0) is 63.9 Å². The number of hydrogen-bond acceptors (Lipinski definition) is 4. The van der Waals surface area contributed by atoms with E-state index in [-0.39, 0.29) is 5.97 Å². The number of carbonyl (C=O) groups excluding carboxylic acids is 1. The number of nitrogens with zero attached hydrogens (tertiary/aromatic N) is 1. The van der Waals surface area contributed by atoms with E-state index in [1.165, 1.54) is 17.8 Å². The van der Waals surface area contributed by atoms with Crippen LogP contribution in [-0.4, -0.2) is 34.7 Å². The third-order valence-electron chi connectivity index (χ3n) is 4.93. The van der Waals surface area contributed by atoms with Gasteiger partial charge in [0.25, 0.3) is 0 Å². The molecule has 1 aliphatic heterocycles. The summed E-state index contributed by atoms with van der Waals surface area (Å²) in [4.78, 5) is 15.8. The van der Waals surface area contributed by atoms with E-state index in [1.807, 2.05) is 43.3 Å². The van der Waals surface area contributed by atoms with Crippen molar-refractivity contribution in [2.45, 2.75) is 52.1 Å². The Hall–Kier alpha value is -1.92. The number of carbonyl (C=O) groups is 1. The van der Waals surface area contributed by atoms with Crippen LogP contribution in [0.2, 0.25) is 0 Å². The molecule has 0 amide bonds. The molecule has 1 fully saturated rings. The highest BCUT2D eigenvalue weighted by molar-refractivity contribution is 7.80. The lowest BCUT2D eigenvalue weighted by atomic mass is 9.98. The first-order valence-corrected chi connectivity index (χ1v) is 10.7. The van der Waals surface area contributed by atoms with Gasteiger partial charge in [0.15, 0.2) is 5.11 Å². The minimum Gasteiger partial charge on any atom is -0.462 e. The number of ether oxygens (including phenoxy) is 1. The molecule has 0 radical (unpaired) electrons. The average Bonchev–Trinajstić information content (AvgIpc) is 3.06. The van der Waals surface area contributed by atoms with E-state index in [9.17, 15) is 4.79 Å². The Morgan fingerprint density at radius 2 is 1.93 bits per heavy atom. The smallest absolute Gasteiger partial charge is 0.341 e. The van der Waals surface area contributed by atoms with Crippen LogP contribution in [0.1, 0.15) is 50.4 Å². The molecule has 6 heteroatoms. The largest absolute Gasteiger partial charge is 0.462 e. The van der Waals surface area contributed by atoms with E-state index in [2.05, 4.69) is 24.1 Å². The molecular weight excluding hydrogens is 376 g/mol. The highest BCUT2D eigenvalue weighted by Gasteiger charge is 2.28. The molecular formula is C21H26N2O2S2. The fraction of sp³-hybridized carbons (Fsp3) is 0.429. The Morgan fingerprint density at radius 1 is 1.26 bits per heavy atom. The van der Waals surface area contributed by atoms with Gasteiger partial charge in [-0.1, -0.05) is 30.3 Å². The first-order chi connectivity index (χ1) is 13.0. The molecule has 0 spiro atoms. The van der Waals surface area contributed by atoms with E-state index in [4.69, 9.17) is 17.0 Å². The molecule has 0 bridgehead atoms. The molecule has 144 valence electrons. The highest BCUT2D eigenvalue weighted by Crippen LogP contribution is 2.36. The summed E-state index contributed by atoms with van der Waals surface area (Å²) in [6.07, 6.45) is 3.50. The topological polar surface area (TPSA) is 41.6 Å². The van der Waals surface area contributed by atoms with Gasteiger partial charge in [-0.3, -0.25) is 0 Å². The van der Waals surface area contributed by atoms with Gasteiger partial charge in [-0.25, -0.2) is 4.79 Å². The van der Waals surface area contributed by atoms with E-state index >= 15 is 0 Å². The van der Waals surface area contributed by atoms with Gasteiger partial charge in [0, 0.05) is 17.0 Å². The van der Waals surface area contributed by atoms with Crippen LogP contribution in [0.3, 0.4) is 0 Å². The van der Waals surface area contributed by atoms with Gasteiger partial charge in [0.1, 0.15) is 5.00 Å². The van der Waals surface area contributed by atoms with Crippen molar-refractivity contribution < 1.29 is 9.53 Å². The summed E-state index contributed by atoms with van der Waals surface area (Å²) >= 11 is 7.25. The van der Waals surface area contributed by atoms with Gasteiger partial charge in [0.05, 0.1) is 12.2 Å². The number of nitrogens with one attached hydrogen (secondary N) is 1. The second kappa shape index (κ2) is 8.85. The number of likely N-dealkylation sites (tertiary alicyclic amines) is 1. The molecule has 2 atom stereocenters. The highest BCUT2D eigenvalue weighted by atomic mass is 32.1.